The predicted molar refractivity (Wildman–Crippen MR) is 97.9 cm³/mol. The van der Waals surface area contributed by atoms with E-state index in [4.69, 9.17) is 0 Å². The molecule has 0 unspecified atom stereocenters. The van der Waals surface area contributed by atoms with Crippen LogP contribution in [0.5, 0.6) is 0 Å². The first-order valence-corrected chi connectivity index (χ1v) is 8.17. The van der Waals surface area contributed by atoms with Crippen molar-refractivity contribution >= 4 is 5.69 Å². The molecule has 1 N–H and O–H groups in total. The summed E-state index contributed by atoms with van der Waals surface area (Å²) in [5, 5.41) is 3.36. The van der Waals surface area contributed by atoms with E-state index in [9.17, 15) is 0 Å². The van der Waals surface area contributed by atoms with E-state index in [-0.39, 0.29) is 5.41 Å². The van der Waals surface area contributed by atoms with Crippen LogP contribution in [0.15, 0.2) is 36.4 Å². The lowest BCUT2D eigenvalue weighted by Crippen LogP contribution is -2.22. The van der Waals surface area contributed by atoms with Crippen LogP contribution in [-0.4, -0.2) is 24.5 Å². The summed E-state index contributed by atoms with van der Waals surface area (Å²) < 4.78 is 0. The molecule has 0 aliphatic carbocycles. The summed E-state index contributed by atoms with van der Waals surface area (Å²) >= 11 is 0. The van der Waals surface area contributed by atoms with E-state index < -0.39 is 0 Å². The molecular formula is C20H30N2. The Bertz CT molecular complexity index is 527. The van der Waals surface area contributed by atoms with E-state index in [0.29, 0.717) is 0 Å². The molecule has 0 aliphatic rings. The zero-order chi connectivity index (χ0) is 16.4. The number of hydrogen-bond donors (Lipinski definition) is 1. The second-order valence-electron chi connectivity index (χ2n) is 6.48. The Labute approximate surface area is 136 Å². The number of nitrogens with one attached hydrogen (secondary N) is 1. The number of nitrogens with zero attached hydrogens (tertiary/aromatic N) is 1. The molecule has 1 aromatic carbocycles. The highest BCUT2D eigenvalue weighted by Gasteiger charge is 2.03. The average molecular weight is 298 g/mol. The van der Waals surface area contributed by atoms with Gasteiger partial charge in [0.05, 0.1) is 0 Å². The minimum Gasteiger partial charge on any atom is -0.385 e. The van der Waals surface area contributed by atoms with Gasteiger partial charge >= 0.3 is 0 Å². The summed E-state index contributed by atoms with van der Waals surface area (Å²) in [6.07, 6.45) is 4.12. The minimum atomic E-state index is 0.0709. The first-order chi connectivity index (χ1) is 10.4. The lowest BCUT2D eigenvalue weighted by Gasteiger charge is -2.19. The lowest BCUT2D eigenvalue weighted by atomic mass is 9.98. The van der Waals surface area contributed by atoms with Crippen molar-refractivity contribution in [1.82, 2.24) is 4.90 Å². The maximum atomic E-state index is 3.36. The van der Waals surface area contributed by atoms with Gasteiger partial charge in [-0.25, -0.2) is 0 Å². The largest absolute Gasteiger partial charge is 0.385 e. The summed E-state index contributed by atoms with van der Waals surface area (Å²) in [5.41, 5.74) is 2.61. The van der Waals surface area contributed by atoms with Crippen LogP contribution in [0, 0.1) is 17.3 Å². The van der Waals surface area contributed by atoms with Gasteiger partial charge < -0.3 is 5.32 Å². The van der Waals surface area contributed by atoms with E-state index >= 15 is 0 Å². The lowest BCUT2D eigenvalue weighted by molar-refractivity contribution is 0.311. The summed E-state index contributed by atoms with van der Waals surface area (Å²) in [5.74, 6) is 6.35. The molecular weight excluding hydrogens is 268 g/mol. The maximum absolute atomic E-state index is 3.36. The topological polar surface area (TPSA) is 15.3 Å². The molecule has 0 spiro atoms. The molecule has 2 heteroatoms. The van der Waals surface area contributed by atoms with Crippen molar-refractivity contribution in [2.45, 2.75) is 41.2 Å². The first-order valence-electron chi connectivity index (χ1n) is 8.17. The SMILES string of the molecule is CCNc1cccc(CN(CC)C/C=C/C#CC(C)(C)C)c1. The van der Waals surface area contributed by atoms with Crippen LogP contribution in [0.25, 0.3) is 0 Å². The van der Waals surface area contributed by atoms with Crippen LogP contribution >= 0.6 is 0 Å². The van der Waals surface area contributed by atoms with Crippen molar-refractivity contribution in [2.75, 3.05) is 25.0 Å². The monoisotopic (exact) mass is 298 g/mol. The Morgan fingerprint density at radius 2 is 2.00 bits per heavy atom. The molecule has 0 saturated carbocycles. The van der Waals surface area contributed by atoms with Gasteiger partial charge in [-0.3, -0.25) is 4.90 Å². The van der Waals surface area contributed by atoms with E-state index in [2.05, 4.69) is 87.0 Å². The normalized spacial score (nSPS) is 11.5. The number of rotatable bonds is 7. The third kappa shape index (κ3) is 7.90. The van der Waals surface area contributed by atoms with Crippen molar-refractivity contribution in [3.63, 3.8) is 0 Å². The maximum Gasteiger partial charge on any atom is 0.0343 e. The smallest absolute Gasteiger partial charge is 0.0343 e. The van der Waals surface area contributed by atoms with Crippen LogP contribution in [0.1, 0.15) is 40.2 Å². The molecule has 0 aliphatic heterocycles. The van der Waals surface area contributed by atoms with Gasteiger partial charge in [-0.05, 0) is 58.0 Å². The number of likely N-dealkylation sites (N-methyl/N-ethyl adjacent to an activating group) is 1. The summed E-state index contributed by atoms with van der Waals surface area (Å²) in [6.45, 7) is 14.6. The quantitative estimate of drug-likeness (QED) is 0.743. The highest BCUT2D eigenvalue weighted by atomic mass is 15.1. The molecule has 1 aromatic rings. The van der Waals surface area contributed by atoms with Gasteiger partial charge in [0.15, 0.2) is 0 Å². The second-order valence-corrected chi connectivity index (χ2v) is 6.48. The molecule has 22 heavy (non-hydrogen) atoms. The Kier molecular flexibility index (Phi) is 7.77. The van der Waals surface area contributed by atoms with Crippen molar-refractivity contribution in [1.29, 1.82) is 0 Å². The van der Waals surface area contributed by atoms with Gasteiger partial charge in [0.1, 0.15) is 0 Å². The van der Waals surface area contributed by atoms with E-state index in [1.807, 2.05) is 6.08 Å². The standard InChI is InChI=1S/C20H30N2/c1-6-21-19-13-11-12-18(16-19)17-22(7-2)15-10-8-9-14-20(3,4)5/h8,10-13,16,21H,6-7,15,17H2,1-5H3/b10-8+. The number of benzene rings is 1. The van der Waals surface area contributed by atoms with Crippen LogP contribution in [0.2, 0.25) is 0 Å². The van der Waals surface area contributed by atoms with Crippen LogP contribution in [-0.2, 0) is 6.54 Å². The molecule has 0 saturated heterocycles. The summed E-state index contributed by atoms with van der Waals surface area (Å²) in [6, 6.07) is 8.65. The number of allylic oxidation sites excluding steroid dienone is 1. The van der Waals surface area contributed by atoms with Gasteiger partial charge in [0, 0.05) is 30.7 Å². The van der Waals surface area contributed by atoms with E-state index in [1.165, 1.54) is 11.3 Å². The van der Waals surface area contributed by atoms with Crippen molar-refractivity contribution < 1.29 is 0 Å². The Hall–Kier alpha value is -1.72. The fourth-order valence-electron chi connectivity index (χ4n) is 2.07. The molecule has 0 fully saturated rings. The first kappa shape index (κ1) is 18.3. The van der Waals surface area contributed by atoms with Crippen molar-refractivity contribution in [2.24, 2.45) is 5.41 Å². The van der Waals surface area contributed by atoms with Gasteiger partial charge in [-0.1, -0.05) is 37.0 Å². The molecule has 0 atom stereocenters. The number of anilines is 1. The predicted octanol–water partition coefficient (Wildman–Crippen LogP) is 4.55. The van der Waals surface area contributed by atoms with Crippen molar-refractivity contribution in [3.8, 4) is 11.8 Å². The molecule has 1 rings (SSSR count). The Morgan fingerprint density at radius 3 is 2.64 bits per heavy atom. The molecule has 120 valence electrons. The zero-order valence-electron chi connectivity index (χ0n) is 14.7. The molecule has 0 bridgehead atoms. The highest BCUT2D eigenvalue weighted by molar-refractivity contribution is 5.45. The van der Waals surface area contributed by atoms with Gasteiger partial charge in [0.25, 0.3) is 0 Å². The third-order valence-corrected chi connectivity index (χ3v) is 3.17. The molecule has 0 aromatic heterocycles. The number of hydrogen-bond acceptors (Lipinski definition) is 2. The van der Waals surface area contributed by atoms with Crippen LogP contribution < -0.4 is 5.32 Å². The highest BCUT2D eigenvalue weighted by Crippen LogP contribution is 2.12. The van der Waals surface area contributed by atoms with E-state index in [1.54, 1.807) is 0 Å². The molecule has 0 heterocycles. The zero-order valence-corrected chi connectivity index (χ0v) is 14.7. The molecule has 2 nitrogen and oxygen atoms in total. The Balaban J connectivity index is 2.56. The Morgan fingerprint density at radius 1 is 1.23 bits per heavy atom. The average Bonchev–Trinajstić information content (AvgIpc) is 2.45. The van der Waals surface area contributed by atoms with Gasteiger partial charge in [0.2, 0.25) is 0 Å². The van der Waals surface area contributed by atoms with E-state index in [0.717, 1.165) is 26.2 Å². The van der Waals surface area contributed by atoms with Crippen LogP contribution in [0.4, 0.5) is 5.69 Å². The fourth-order valence-corrected chi connectivity index (χ4v) is 2.07. The summed E-state index contributed by atoms with van der Waals surface area (Å²) in [4.78, 5) is 2.40. The fraction of sp³-hybridized carbons (Fsp3) is 0.500. The molecule has 0 radical (unpaired) electrons. The van der Waals surface area contributed by atoms with Gasteiger partial charge in [-0.15, -0.1) is 0 Å². The van der Waals surface area contributed by atoms with Crippen LogP contribution in [0.3, 0.4) is 0 Å². The molecule has 0 amide bonds. The van der Waals surface area contributed by atoms with Gasteiger partial charge in [-0.2, -0.15) is 0 Å². The second kappa shape index (κ2) is 9.33. The van der Waals surface area contributed by atoms with Crippen molar-refractivity contribution in [3.05, 3.63) is 42.0 Å². The minimum absolute atomic E-state index is 0.0709. The summed E-state index contributed by atoms with van der Waals surface area (Å²) in [7, 11) is 0. The third-order valence-electron chi connectivity index (χ3n) is 3.17.